The number of nitrogens with zero attached hydrogens (tertiary/aromatic N) is 3. The molecule has 0 atom stereocenters. The number of rotatable bonds is 8. The number of piperazine rings is 1. The summed E-state index contributed by atoms with van der Waals surface area (Å²) in [6, 6.07) is 12.4. The highest BCUT2D eigenvalue weighted by Gasteiger charge is 2.29. The number of thiazole rings is 1. The van der Waals surface area contributed by atoms with Crippen molar-refractivity contribution in [3.63, 3.8) is 0 Å². The quantitative estimate of drug-likeness (QED) is 0.228. The van der Waals surface area contributed by atoms with E-state index in [9.17, 15) is 14.0 Å². The first-order valence-electron chi connectivity index (χ1n) is 15.0. The third-order valence-corrected chi connectivity index (χ3v) is 9.18. The highest BCUT2D eigenvalue weighted by molar-refractivity contribution is 7.15. The van der Waals surface area contributed by atoms with Crippen LogP contribution in [-0.4, -0.2) is 46.5 Å². The second kappa shape index (κ2) is 13.1. The normalized spacial score (nSPS) is 13.6. The van der Waals surface area contributed by atoms with E-state index in [4.69, 9.17) is 16.6 Å². The molecule has 1 fully saturated rings. The first-order valence-corrected chi connectivity index (χ1v) is 16.2. The Morgan fingerprint density at radius 2 is 1.74 bits per heavy atom. The van der Waals surface area contributed by atoms with E-state index < -0.39 is 5.82 Å². The number of carbonyl (C=O) groups is 1. The maximum Gasteiger partial charge on any atom is 0.265 e. The van der Waals surface area contributed by atoms with E-state index in [2.05, 4.69) is 45.1 Å². The molecule has 1 aliphatic rings. The lowest BCUT2D eigenvalue weighted by atomic mass is 9.97. The lowest BCUT2D eigenvalue weighted by Crippen LogP contribution is -2.47. The molecule has 43 heavy (non-hydrogen) atoms. The molecule has 0 aliphatic carbocycles. The molecule has 6 nitrogen and oxygen atoms in total. The molecule has 226 valence electrons. The Bertz CT molecular complexity index is 1700. The average Bonchev–Trinajstić information content (AvgIpc) is 3.37. The largest absolute Gasteiger partial charge is 0.336 e. The minimum Gasteiger partial charge on any atom is -0.336 e. The standard InChI is InChI=1S/C34H38ClFN4O2S/c1-6-22-9-8-10-23(7-2)31(22)40-29(17-20(3)4)26(33(41)39-15-13-37-14-16-39)19-27(34(40)42)32-38-30(21(5)43-32)25-12-11-24(35)18-28(25)36/h8-12,18-20,37H,6-7,13-17H2,1-5H3. The summed E-state index contributed by atoms with van der Waals surface area (Å²) < 4.78 is 16.8. The van der Waals surface area contributed by atoms with Crippen molar-refractivity contribution in [2.45, 2.75) is 53.9 Å². The van der Waals surface area contributed by atoms with E-state index in [1.165, 1.54) is 17.4 Å². The topological polar surface area (TPSA) is 67.2 Å². The molecule has 0 unspecified atom stereocenters. The zero-order valence-corrected chi connectivity index (χ0v) is 27.0. The van der Waals surface area contributed by atoms with Crippen molar-refractivity contribution in [1.29, 1.82) is 0 Å². The van der Waals surface area contributed by atoms with E-state index in [0.29, 0.717) is 51.9 Å². The molecular weight excluding hydrogens is 583 g/mol. The summed E-state index contributed by atoms with van der Waals surface area (Å²) in [4.78, 5) is 36.4. The molecule has 0 saturated carbocycles. The summed E-state index contributed by atoms with van der Waals surface area (Å²) in [5.74, 6) is -0.362. The Morgan fingerprint density at radius 3 is 2.35 bits per heavy atom. The lowest BCUT2D eigenvalue weighted by Gasteiger charge is -2.30. The predicted octanol–water partition coefficient (Wildman–Crippen LogP) is 7.10. The molecule has 1 aliphatic heterocycles. The highest BCUT2D eigenvalue weighted by atomic mass is 35.5. The fourth-order valence-electron chi connectivity index (χ4n) is 5.80. The Hall–Kier alpha value is -3.33. The van der Waals surface area contributed by atoms with Gasteiger partial charge >= 0.3 is 0 Å². The number of hydrogen-bond donors (Lipinski definition) is 1. The van der Waals surface area contributed by atoms with E-state index in [1.807, 2.05) is 17.9 Å². The molecule has 1 amide bonds. The number of halogens is 2. The molecule has 1 N–H and O–H groups in total. The molecule has 2 aromatic heterocycles. The summed E-state index contributed by atoms with van der Waals surface area (Å²) >= 11 is 7.34. The van der Waals surface area contributed by atoms with Gasteiger partial charge in [0.15, 0.2) is 0 Å². The molecule has 0 spiro atoms. The van der Waals surface area contributed by atoms with Gasteiger partial charge in [0.25, 0.3) is 11.5 Å². The molecule has 5 rings (SSSR count). The van der Waals surface area contributed by atoms with Gasteiger partial charge in [-0.25, -0.2) is 9.37 Å². The Kier molecular flexibility index (Phi) is 9.49. The van der Waals surface area contributed by atoms with Crippen LogP contribution in [0.15, 0.2) is 47.3 Å². The number of aryl methyl sites for hydroxylation is 3. The van der Waals surface area contributed by atoms with Crippen LogP contribution in [0.3, 0.4) is 0 Å². The number of para-hydroxylation sites is 1. The van der Waals surface area contributed by atoms with E-state index >= 15 is 0 Å². The number of nitrogens with one attached hydrogen (secondary N) is 1. The Labute approximate surface area is 261 Å². The van der Waals surface area contributed by atoms with Gasteiger partial charge in [0.05, 0.1) is 22.5 Å². The second-order valence-corrected chi connectivity index (χ2v) is 13.0. The zero-order valence-electron chi connectivity index (χ0n) is 25.4. The number of aromatic nitrogens is 2. The number of benzene rings is 2. The monoisotopic (exact) mass is 620 g/mol. The Balaban J connectivity index is 1.83. The third kappa shape index (κ3) is 6.19. The third-order valence-electron chi connectivity index (χ3n) is 7.94. The minimum atomic E-state index is -0.476. The van der Waals surface area contributed by atoms with Gasteiger partial charge in [-0.1, -0.05) is 57.5 Å². The van der Waals surface area contributed by atoms with Gasteiger partial charge in [0.2, 0.25) is 0 Å². The van der Waals surface area contributed by atoms with Crippen molar-refractivity contribution in [1.82, 2.24) is 19.8 Å². The van der Waals surface area contributed by atoms with E-state index in [1.54, 1.807) is 22.8 Å². The first-order chi connectivity index (χ1) is 20.6. The maximum atomic E-state index is 15.0. The molecule has 0 bridgehead atoms. The van der Waals surface area contributed by atoms with Crippen LogP contribution in [0.25, 0.3) is 27.5 Å². The summed E-state index contributed by atoms with van der Waals surface area (Å²) in [5, 5.41) is 4.08. The van der Waals surface area contributed by atoms with Gasteiger partial charge in [-0.15, -0.1) is 11.3 Å². The smallest absolute Gasteiger partial charge is 0.265 e. The molecule has 0 radical (unpaired) electrons. The molecular formula is C34H38ClFN4O2S. The summed E-state index contributed by atoms with van der Waals surface area (Å²) in [5.41, 5.74) is 5.08. The van der Waals surface area contributed by atoms with Gasteiger partial charge in [0.1, 0.15) is 10.8 Å². The molecule has 4 aromatic rings. The van der Waals surface area contributed by atoms with Crippen LogP contribution in [-0.2, 0) is 19.3 Å². The van der Waals surface area contributed by atoms with Crippen LogP contribution in [0.5, 0.6) is 0 Å². The van der Waals surface area contributed by atoms with Crippen LogP contribution < -0.4 is 10.9 Å². The SMILES string of the molecule is CCc1cccc(CC)c1-n1c(CC(C)C)c(C(=O)N2CCNCC2)cc(-c2nc(-c3ccc(Cl)cc3F)c(C)s2)c1=O. The summed E-state index contributed by atoms with van der Waals surface area (Å²) in [7, 11) is 0. The second-order valence-electron chi connectivity index (χ2n) is 11.4. The Morgan fingerprint density at radius 1 is 1.07 bits per heavy atom. The molecule has 3 heterocycles. The summed E-state index contributed by atoms with van der Waals surface area (Å²) in [6.07, 6.45) is 2.03. The van der Waals surface area contributed by atoms with Gasteiger partial charge in [0, 0.05) is 47.3 Å². The first kappa shape index (κ1) is 31.1. The van der Waals surface area contributed by atoms with Gasteiger partial charge in [-0.3, -0.25) is 14.2 Å². The average molecular weight is 621 g/mol. The molecule has 2 aromatic carbocycles. The molecule has 9 heteroatoms. The number of hydrogen-bond acceptors (Lipinski definition) is 5. The van der Waals surface area contributed by atoms with E-state index in [-0.39, 0.29) is 17.4 Å². The lowest BCUT2D eigenvalue weighted by molar-refractivity contribution is 0.0733. The number of carbonyl (C=O) groups excluding carboxylic acids is 1. The van der Waals surface area contributed by atoms with Gasteiger partial charge < -0.3 is 10.2 Å². The minimum absolute atomic E-state index is 0.0866. The predicted molar refractivity (Wildman–Crippen MR) is 174 cm³/mol. The fraction of sp³-hybridized carbons (Fsp3) is 0.382. The van der Waals surface area contributed by atoms with Crippen LogP contribution in [0.2, 0.25) is 5.02 Å². The summed E-state index contributed by atoms with van der Waals surface area (Å²) in [6.45, 7) is 12.9. The number of amides is 1. The van der Waals surface area contributed by atoms with Crippen LogP contribution >= 0.6 is 22.9 Å². The van der Waals surface area contributed by atoms with Crippen molar-refractivity contribution >= 4 is 28.8 Å². The number of pyridine rings is 1. The van der Waals surface area contributed by atoms with Crippen LogP contribution in [0, 0.1) is 18.7 Å². The zero-order chi connectivity index (χ0) is 30.8. The van der Waals surface area contributed by atoms with Gasteiger partial charge in [-0.05, 0) is 67.5 Å². The van der Waals surface area contributed by atoms with Crippen molar-refractivity contribution in [3.8, 4) is 27.5 Å². The van der Waals surface area contributed by atoms with Crippen LogP contribution in [0.1, 0.15) is 59.8 Å². The fourth-order valence-corrected chi connectivity index (χ4v) is 6.89. The van der Waals surface area contributed by atoms with Crippen molar-refractivity contribution in [2.24, 2.45) is 5.92 Å². The van der Waals surface area contributed by atoms with Crippen LogP contribution in [0.4, 0.5) is 4.39 Å². The van der Waals surface area contributed by atoms with Gasteiger partial charge in [-0.2, -0.15) is 0 Å². The van der Waals surface area contributed by atoms with E-state index in [0.717, 1.165) is 53.3 Å². The van der Waals surface area contributed by atoms with Crippen molar-refractivity contribution in [2.75, 3.05) is 26.2 Å². The highest BCUT2D eigenvalue weighted by Crippen LogP contribution is 2.36. The van der Waals surface area contributed by atoms with Crippen molar-refractivity contribution < 1.29 is 9.18 Å². The van der Waals surface area contributed by atoms with Crippen molar-refractivity contribution in [3.05, 3.63) is 90.9 Å². The maximum absolute atomic E-state index is 15.0. The molecule has 1 saturated heterocycles.